The van der Waals surface area contributed by atoms with Crippen LogP contribution < -0.4 is 10.6 Å². The Morgan fingerprint density at radius 1 is 0.952 bits per heavy atom. The number of nitrogens with one attached hydrogen (secondary N) is 2. The van der Waals surface area contributed by atoms with Crippen LogP contribution in [0.25, 0.3) is 10.8 Å². The molecular weight excluding hydrogens is 339 g/mol. The van der Waals surface area contributed by atoms with E-state index in [1.165, 1.54) is 0 Å². The first-order valence-electron chi connectivity index (χ1n) is 6.74. The molecule has 2 aliphatic heterocycles. The van der Waals surface area contributed by atoms with Crippen molar-refractivity contribution in [3.05, 3.63) is 31.2 Å². The molecule has 1 atom stereocenters. The molecule has 4 nitrogen and oxygen atoms in total. The van der Waals surface area contributed by atoms with Gasteiger partial charge in [0.2, 0.25) is 0 Å². The van der Waals surface area contributed by atoms with Crippen molar-refractivity contribution in [1.29, 1.82) is 0 Å². The Morgan fingerprint density at radius 2 is 1.52 bits per heavy atom. The van der Waals surface area contributed by atoms with Gasteiger partial charge in [0, 0.05) is 48.4 Å². The van der Waals surface area contributed by atoms with Crippen molar-refractivity contribution in [2.45, 2.75) is 13.8 Å². The summed E-state index contributed by atoms with van der Waals surface area (Å²) in [5.41, 5.74) is 4.16. The van der Waals surface area contributed by atoms with Gasteiger partial charge in [0.1, 0.15) is 5.84 Å². The van der Waals surface area contributed by atoms with Gasteiger partial charge in [-0.3, -0.25) is 0 Å². The second-order valence-corrected chi connectivity index (χ2v) is 5.36. The second-order valence-electron chi connectivity index (χ2n) is 5.36. The Morgan fingerprint density at radius 3 is 2.14 bits per heavy atom. The summed E-state index contributed by atoms with van der Waals surface area (Å²) in [5, 5.41) is 8.98. The summed E-state index contributed by atoms with van der Waals surface area (Å²) in [5.74, 6) is 1.95. The minimum Gasteiger partial charge on any atom is -0.345 e. The molecule has 1 unspecified atom stereocenters. The molecule has 5 heteroatoms. The zero-order valence-electron chi connectivity index (χ0n) is 12.0. The molecule has 0 fully saturated rings. The van der Waals surface area contributed by atoms with Crippen LogP contribution in [0.2, 0.25) is 0 Å². The van der Waals surface area contributed by atoms with Crippen molar-refractivity contribution in [1.82, 2.24) is 0 Å². The molecule has 4 rings (SSSR count). The van der Waals surface area contributed by atoms with E-state index in [9.17, 15) is 0 Å². The molecule has 0 amide bonds. The van der Waals surface area contributed by atoms with Crippen LogP contribution in [0.3, 0.4) is 0 Å². The van der Waals surface area contributed by atoms with Gasteiger partial charge in [-0.15, -0.1) is 5.92 Å². The summed E-state index contributed by atoms with van der Waals surface area (Å²) in [6.45, 7) is 8.05. The van der Waals surface area contributed by atoms with E-state index in [1.54, 1.807) is 0 Å². The van der Waals surface area contributed by atoms with Crippen molar-refractivity contribution in [3.63, 3.8) is 0 Å². The molecule has 0 aliphatic carbocycles. The number of amidine groups is 2. The van der Waals surface area contributed by atoms with E-state index in [0.29, 0.717) is 0 Å². The normalized spacial score (nSPS) is 16.1. The van der Waals surface area contributed by atoms with Crippen LogP contribution >= 0.6 is 0 Å². The van der Waals surface area contributed by atoms with Crippen LogP contribution in [0.15, 0.2) is 34.3 Å². The molecule has 0 saturated carbocycles. The minimum absolute atomic E-state index is 0. The maximum atomic E-state index is 4.69. The van der Waals surface area contributed by atoms with Crippen LogP contribution in [0, 0.1) is 12.8 Å². The summed E-state index contributed by atoms with van der Waals surface area (Å²) in [7, 11) is 0. The molecule has 0 spiro atoms. The third-order valence-corrected chi connectivity index (χ3v) is 3.69. The summed E-state index contributed by atoms with van der Waals surface area (Å²) >= 11 is 0. The number of hydrogen-bond donors (Lipinski definition) is 2. The Labute approximate surface area is 142 Å². The average molecular weight is 355 g/mol. The topological polar surface area (TPSA) is 48.8 Å². The Kier molecular flexibility index (Phi) is 3.48. The molecule has 21 heavy (non-hydrogen) atoms. The number of benzene rings is 2. The van der Waals surface area contributed by atoms with E-state index < -0.39 is 0 Å². The maximum absolute atomic E-state index is 4.69. The summed E-state index contributed by atoms with van der Waals surface area (Å²) < 4.78 is 0. The molecule has 104 valence electrons. The van der Waals surface area contributed by atoms with Gasteiger partial charge >= 0.3 is 0 Å². The molecule has 2 aromatic rings. The number of hydrogen-bond acceptors (Lipinski definition) is 4. The fourth-order valence-corrected chi connectivity index (χ4v) is 2.79. The number of anilines is 2. The standard InChI is InChI=1S/C16H15N4.Zr/c1-8(2)16-19-12-6-4-10-14-11(18-9(3)17-10)5-7-13(20-16)15(12)14;/h4-8H,1H2,2-3H3,(H,17,18)(H,19,20);/q-1;. The molecule has 0 bridgehead atoms. The smallest absolute Gasteiger partial charge is 0.103 e. The van der Waals surface area contributed by atoms with Gasteiger partial charge < -0.3 is 17.6 Å². The van der Waals surface area contributed by atoms with Crippen LogP contribution in [0.1, 0.15) is 13.8 Å². The van der Waals surface area contributed by atoms with Gasteiger partial charge in [-0.1, -0.05) is 6.92 Å². The molecular formula is C16H15N4Zr-. The first-order valence-corrected chi connectivity index (χ1v) is 6.74. The summed E-state index contributed by atoms with van der Waals surface area (Å²) in [4.78, 5) is 9.27. The minimum atomic E-state index is 0. The van der Waals surface area contributed by atoms with Crippen LogP contribution in [0.4, 0.5) is 22.7 Å². The van der Waals surface area contributed by atoms with Crippen molar-refractivity contribution in [2.24, 2.45) is 15.9 Å². The maximum Gasteiger partial charge on any atom is 0.103 e. The molecule has 2 aliphatic rings. The van der Waals surface area contributed by atoms with E-state index in [-0.39, 0.29) is 32.1 Å². The molecule has 2 N–H and O–H groups in total. The predicted octanol–water partition coefficient (Wildman–Crippen LogP) is 4.24. The fraction of sp³-hybridized carbons (Fsp3) is 0.188. The van der Waals surface area contributed by atoms with Crippen molar-refractivity contribution in [2.75, 3.05) is 10.6 Å². The third kappa shape index (κ3) is 2.15. The van der Waals surface area contributed by atoms with Crippen molar-refractivity contribution in [3.8, 4) is 0 Å². The van der Waals surface area contributed by atoms with Crippen LogP contribution in [-0.4, -0.2) is 11.7 Å². The first-order chi connectivity index (χ1) is 9.63. The van der Waals surface area contributed by atoms with Crippen LogP contribution in [-0.2, 0) is 26.2 Å². The third-order valence-electron chi connectivity index (χ3n) is 3.69. The zero-order chi connectivity index (χ0) is 13.9. The molecule has 2 aromatic carbocycles. The van der Waals surface area contributed by atoms with Gasteiger partial charge in [-0.2, -0.15) is 0 Å². The largest absolute Gasteiger partial charge is 0.345 e. The van der Waals surface area contributed by atoms with Gasteiger partial charge in [0.15, 0.2) is 0 Å². The van der Waals surface area contributed by atoms with Crippen LogP contribution in [0.5, 0.6) is 0 Å². The van der Waals surface area contributed by atoms with E-state index in [0.717, 1.165) is 45.2 Å². The van der Waals surface area contributed by atoms with Crippen molar-refractivity contribution >= 4 is 45.2 Å². The fourth-order valence-electron chi connectivity index (χ4n) is 2.79. The van der Waals surface area contributed by atoms with Gasteiger partial charge in [0.05, 0.1) is 17.2 Å². The zero-order valence-corrected chi connectivity index (χ0v) is 14.4. The SMILES string of the molecule is [CH2-]C(C)C1=Nc2ccc3c4c(ccc(c24)N1)N=C(C)N3.[Zr]. The van der Waals surface area contributed by atoms with E-state index in [2.05, 4.69) is 51.8 Å². The number of nitrogens with zero attached hydrogens (tertiary/aromatic N) is 2. The first kappa shape index (κ1) is 14.5. The van der Waals surface area contributed by atoms with Crippen molar-refractivity contribution < 1.29 is 26.2 Å². The van der Waals surface area contributed by atoms with E-state index in [4.69, 9.17) is 0 Å². The van der Waals surface area contributed by atoms with Gasteiger partial charge in [-0.25, -0.2) is 9.98 Å². The number of rotatable bonds is 1. The Bertz CT molecular complexity index is 806. The molecule has 0 saturated heterocycles. The molecule has 0 radical (unpaired) electrons. The van der Waals surface area contributed by atoms with Gasteiger partial charge in [-0.05, 0) is 31.2 Å². The Hall–Kier alpha value is -1.48. The van der Waals surface area contributed by atoms with E-state index in [1.807, 2.05) is 13.8 Å². The number of aliphatic imine (C=N–C) groups is 2. The molecule has 0 aromatic heterocycles. The molecule has 2 heterocycles. The van der Waals surface area contributed by atoms with E-state index >= 15 is 0 Å². The quantitative estimate of drug-likeness (QED) is 0.753. The average Bonchev–Trinajstić information content (AvgIpc) is 2.43. The Balaban J connectivity index is 0.00000132. The monoisotopic (exact) mass is 353 g/mol. The van der Waals surface area contributed by atoms with Gasteiger partial charge in [0.25, 0.3) is 0 Å². The summed E-state index contributed by atoms with van der Waals surface area (Å²) in [6.07, 6.45) is 0. The summed E-state index contributed by atoms with van der Waals surface area (Å²) in [6, 6.07) is 8.26. The second kappa shape index (κ2) is 5.06. The predicted molar refractivity (Wildman–Crippen MR) is 85.6 cm³/mol.